The predicted molar refractivity (Wildman–Crippen MR) is 361 cm³/mol. The number of rotatable bonds is 59. The van der Waals surface area contributed by atoms with Crippen LogP contribution in [0.1, 0.15) is 232 Å². The number of carboxylic acids is 1. The molecule has 0 radical (unpaired) electrons. The van der Waals surface area contributed by atoms with Gasteiger partial charge in [0.15, 0.2) is 12.4 Å². The Morgan fingerprint density at radius 2 is 0.635 bits per heavy atom. The number of allylic oxidation sites excluding steroid dienone is 28. The zero-order valence-electron chi connectivity index (χ0n) is 54.4. The van der Waals surface area contributed by atoms with Gasteiger partial charge in [-0.05, 0) is 128 Å². The fraction of sp³-hybridized carbons (Fsp3) is 0.592. The zero-order chi connectivity index (χ0) is 61.9. The molecule has 9 nitrogen and oxygen atoms in total. The molecule has 0 rings (SSSR count). The number of nitrogens with zero attached hydrogens (tertiary/aromatic N) is 1. The molecule has 0 spiro atoms. The molecule has 0 saturated heterocycles. The summed E-state index contributed by atoms with van der Waals surface area (Å²) in [4.78, 5) is 37.4. The van der Waals surface area contributed by atoms with Crippen molar-refractivity contribution in [1.82, 2.24) is 0 Å². The number of likely N-dealkylation sites (N-methyl/N-ethyl adjacent to an activating group) is 1. The Morgan fingerprint density at radius 3 is 0.941 bits per heavy atom. The number of carbonyl (C=O) groups excluding carboxylic acids is 3. The standard InChI is InChI=1S/C76H121NO8/c1-6-8-10-12-14-16-18-20-22-24-26-28-29-30-31-32-33-34-35-36-37-38-39-40-41-42-43-44-45-47-49-51-53-55-57-59-61-63-65-67-74(79)85-72(71-84-76(75(80)81)82-69-68-77(3,4)5)70-83-73(78)66-64-62-60-58-56-54-52-50-48-46-27-25-23-21-19-17-15-13-11-9-7-2/h8-11,14-17,20-23,26-28,30-31,33-34,36-37,39-40,42-43,45-47,72,76H,6-7,12-13,18-19,24-25,29,32,35,38,41,44,48-71H2,1-5H3/b10-8-,11-9-,16-14-,17-15-,22-20-,23-21-,28-26-,31-30-,34-33-,37-36-,40-39-,43-42-,46-27-,47-45-. The minimum atomic E-state index is -1.64. The molecule has 2 atom stereocenters. The average Bonchev–Trinajstić information content (AvgIpc) is 3.49. The molecule has 0 amide bonds. The molecular formula is C76H121NO8. The number of hydrogen-bond donors (Lipinski definition) is 0. The molecule has 0 fully saturated rings. The lowest BCUT2D eigenvalue weighted by atomic mass is 10.1. The highest BCUT2D eigenvalue weighted by Crippen LogP contribution is 2.15. The molecule has 2 unspecified atom stereocenters. The zero-order valence-corrected chi connectivity index (χ0v) is 54.4. The molecule has 0 aromatic rings. The van der Waals surface area contributed by atoms with Crippen molar-refractivity contribution in [2.45, 2.75) is 245 Å². The number of esters is 2. The predicted octanol–water partition coefficient (Wildman–Crippen LogP) is 19.3. The second kappa shape index (κ2) is 64.6. The highest BCUT2D eigenvalue weighted by Gasteiger charge is 2.22. The Balaban J connectivity index is 4.22. The summed E-state index contributed by atoms with van der Waals surface area (Å²) in [5.41, 5.74) is 0. The summed E-state index contributed by atoms with van der Waals surface area (Å²) >= 11 is 0. The van der Waals surface area contributed by atoms with Crippen molar-refractivity contribution in [3.05, 3.63) is 170 Å². The largest absolute Gasteiger partial charge is 0.545 e. The third-order valence-corrected chi connectivity index (χ3v) is 13.5. The van der Waals surface area contributed by atoms with Crippen molar-refractivity contribution in [2.24, 2.45) is 0 Å². The third kappa shape index (κ3) is 66.0. The smallest absolute Gasteiger partial charge is 0.306 e. The SMILES string of the molecule is CC/C=C\C/C=C\C/C=C\C/C=C\C/C=C\C/C=C\C/C=C\C/C=C\C/C=C\C/C=C\CCCCCCCCCCC(=O)OC(COC(=O)CCCCCCCCCC/C=C\C/C=C\C/C=C\C/C=C\CC)COC(OCC[N+](C)(C)C)C(=O)[O-]. The molecule has 0 saturated carbocycles. The van der Waals surface area contributed by atoms with Crippen molar-refractivity contribution in [1.29, 1.82) is 0 Å². The molecule has 85 heavy (non-hydrogen) atoms. The van der Waals surface area contributed by atoms with E-state index in [1.165, 1.54) is 51.4 Å². The lowest BCUT2D eigenvalue weighted by Crippen LogP contribution is -2.44. The van der Waals surface area contributed by atoms with E-state index in [2.05, 4.69) is 184 Å². The summed E-state index contributed by atoms with van der Waals surface area (Å²) in [6.45, 7) is 4.48. The van der Waals surface area contributed by atoms with E-state index in [0.717, 1.165) is 148 Å². The highest BCUT2D eigenvalue weighted by atomic mass is 16.7. The monoisotopic (exact) mass is 1180 g/mol. The van der Waals surface area contributed by atoms with Gasteiger partial charge in [-0.25, -0.2) is 0 Å². The topological polar surface area (TPSA) is 111 Å². The van der Waals surface area contributed by atoms with Crippen LogP contribution >= 0.6 is 0 Å². The number of unbranched alkanes of at least 4 members (excludes halogenated alkanes) is 16. The third-order valence-electron chi connectivity index (χ3n) is 13.5. The summed E-state index contributed by atoms with van der Waals surface area (Å²) in [5, 5.41) is 11.8. The lowest BCUT2D eigenvalue weighted by molar-refractivity contribution is -0.870. The van der Waals surface area contributed by atoms with Crippen molar-refractivity contribution < 1.29 is 42.9 Å². The number of aliphatic carboxylic acids is 1. The molecule has 0 aliphatic heterocycles. The van der Waals surface area contributed by atoms with E-state index in [4.69, 9.17) is 18.9 Å². The van der Waals surface area contributed by atoms with E-state index in [1.807, 2.05) is 21.1 Å². The first-order valence-corrected chi connectivity index (χ1v) is 33.3. The van der Waals surface area contributed by atoms with Crippen LogP contribution < -0.4 is 5.11 Å². The number of carboxylic acid groups (broad SMARTS) is 1. The fourth-order valence-electron chi connectivity index (χ4n) is 8.44. The second-order valence-corrected chi connectivity index (χ2v) is 22.6. The van der Waals surface area contributed by atoms with Gasteiger partial charge < -0.3 is 33.3 Å². The van der Waals surface area contributed by atoms with Crippen LogP contribution in [-0.4, -0.2) is 82.3 Å². The number of carbonyl (C=O) groups is 3. The van der Waals surface area contributed by atoms with Gasteiger partial charge in [0.1, 0.15) is 13.2 Å². The Morgan fingerprint density at radius 1 is 0.353 bits per heavy atom. The molecule has 0 aliphatic rings. The minimum absolute atomic E-state index is 0.135. The van der Waals surface area contributed by atoms with Crippen LogP contribution in [0, 0.1) is 0 Å². The molecule has 478 valence electrons. The number of ether oxygens (including phenoxy) is 4. The summed E-state index contributed by atoms with van der Waals surface area (Å²) in [7, 11) is 5.91. The van der Waals surface area contributed by atoms with E-state index < -0.39 is 24.3 Å². The summed E-state index contributed by atoms with van der Waals surface area (Å²) in [6.07, 6.45) is 94.1. The maximum Gasteiger partial charge on any atom is 0.306 e. The highest BCUT2D eigenvalue weighted by molar-refractivity contribution is 5.70. The molecule has 0 N–H and O–H groups in total. The van der Waals surface area contributed by atoms with Crippen molar-refractivity contribution in [3.63, 3.8) is 0 Å². The van der Waals surface area contributed by atoms with Crippen LogP contribution in [0.3, 0.4) is 0 Å². The van der Waals surface area contributed by atoms with Crippen LogP contribution in [0.15, 0.2) is 170 Å². The van der Waals surface area contributed by atoms with Gasteiger partial charge in [0.2, 0.25) is 0 Å². The molecule has 0 heterocycles. The molecule has 9 heteroatoms. The summed E-state index contributed by atoms with van der Waals surface area (Å²) < 4.78 is 22.7. The van der Waals surface area contributed by atoms with Crippen molar-refractivity contribution in [3.8, 4) is 0 Å². The van der Waals surface area contributed by atoms with Gasteiger partial charge in [-0.1, -0.05) is 261 Å². The minimum Gasteiger partial charge on any atom is -0.545 e. The molecule has 0 aromatic carbocycles. The van der Waals surface area contributed by atoms with E-state index >= 15 is 0 Å². The van der Waals surface area contributed by atoms with Crippen LogP contribution in [0.4, 0.5) is 0 Å². The van der Waals surface area contributed by atoms with E-state index in [0.29, 0.717) is 17.4 Å². The summed E-state index contributed by atoms with van der Waals surface area (Å²) in [5.74, 6) is -2.32. The van der Waals surface area contributed by atoms with Crippen LogP contribution in [0.5, 0.6) is 0 Å². The first-order chi connectivity index (χ1) is 41.6. The van der Waals surface area contributed by atoms with Crippen LogP contribution in [0.2, 0.25) is 0 Å². The summed E-state index contributed by atoms with van der Waals surface area (Å²) in [6, 6.07) is 0. The van der Waals surface area contributed by atoms with E-state index in [9.17, 15) is 19.5 Å². The molecule has 0 aromatic heterocycles. The van der Waals surface area contributed by atoms with E-state index in [-0.39, 0.29) is 38.6 Å². The lowest BCUT2D eigenvalue weighted by Gasteiger charge is -2.26. The van der Waals surface area contributed by atoms with Crippen LogP contribution in [0.25, 0.3) is 0 Å². The first-order valence-electron chi connectivity index (χ1n) is 33.3. The second-order valence-electron chi connectivity index (χ2n) is 22.6. The fourth-order valence-corrected chi connectivity index (χ4v) is 8.44. The maximum atomic E-state index is 12.9. The first kappa shape index (κ1) is 79.7. The van der Waals surface area contributed by atoms with E-state index in [1.54, 1.807) is 0 Å². The Kier molecular flexibility index (Phi) is 60.6. The molecule has 0 bridgehead atoms. The average molecular weight is 1180 g/mol. The van der Waals surface area contributed by atoms with Gasteiger partial charge in [0.05, 0.1) is 40.3 Å². The van der Waals surface area contributed by atoms with Crippen LogP contribution in [-0.2, 0) is 33.3 Å². The van der Waals surface area contributed by atoms with Gasteiger partial charge in [0.25, 0.3) is 0 Å². The number of quaternary nitrogens is 1. The Hall–Kier alpha value is -5.35. The van der Waals surface area contributed by atoms with Gasteiger partial charge in [-0.15, -0.1) is 0 Å². The van der Waals surface area contributed by atoms with Gasteiger partial charge in [0, 0.05) is 12.8 Å². The van der Waals surface area contributed by atoms with Gasteiger partial charge in [-0.3, -0.25) is 9.59 Å². The molecular weight excluding hydrogens is 1050 g/mol. The quantitative estimate of drug-likeness (QED) is 0.0195. The number of hydrogen-bond acceptors (Lipinski definition) is 8. The van der Waals surface area contributed by atoms with Crippen molar-refractivity contribution in [2.75, 3.05) is 47.5 Å². The van der Waals surface area contributed by atoms with Gasteiger partial charge in [-0.2, -0.15) is 0 Å². The Labute approximate surface area is 520 Å². The van der Waals surface area contributed by atoms with Gasteiger partial charge >= 0.3 is 11.9 Å². The maximum absolute atomic E-state index is 12.9. The Bertz CT molecular complexity index is 2000. The normalized spacial score (nSPS) is 13.8. The van der Waals surface area contributed by atoms with Crippen molar-refractivity contribution >= 4 is 17.9 Å². The molecule has 0 aliphatic carbocycles.